The molecule has 2 rings (SSSR count). The van der Waals surface area contributed by atoms with Gasteiger partial charge in [0.15, 0.2) is 0 Å². The molecule has 0 aliphatic heterocycles. The number of esters is 1. The van der Waals surface area contributed by atoms with Crippen LogP contribution < -0.4 is 10.1 Å². The predicted octanol–water partition coefficient (Wildman–Crippen LogP) is 2.12. The number of carbonyl (C=O) groups excluding carboxylic acids is 2. The zero-order chi connectivity index (χ0) is 19.1. The van der Waals surface area contributed by atoms with Gasteiger partial charge in [-0.2, -0.15) is 0 Å². The monoisotopic (exact) mass is 358 g/mol. The fourth-order valence-electron chi connectivity index (χ4n) is 2.42. The number of carbonyl (C=O) groups is 2. The molecule has 0 radical (unpaired) electrons. The van der Waals surface area contributed by atoms with Crippen molar-refractivity contribution >= 4 is 17.6 Å². The van der Waals surface area contributed by atoms with Gasteiger partial charge in [-0.25, -0.2) is 4.79 Å². The molecule has 26 heavy (non-hydrogen) atoms. The second kappa shape index (κ2) is 8.61. The van der Waals surface area contributed by atoms with Crippen molar-refractivity contribution in [2.45, 2.75) is 12.5 Å². The predicted molar refractivity (Wildman–Crippen MR) is 93.1 cm³/mol. The van der Waals surface area contributed by atoms with Crippen LogP contribution in [0.3, 0.4) is 0 Å². The number of ether oxygens (including phenoxy) is 2. The van der Waals surface area contributed by atoms with E-state index >= 15 is 0 Å². The van der Waals surface area contributed by atoms with Crippen molar-refractivity contribution in [1.29, 1.82) is 0 Å². The molecule has 0 bridgehead atoms. The Morgan fingerprint density at radius 1 is 1.15 bits per heavy atom. The Labute approximate surface area is 149 Å². The third kappa shape index (κ3) is 4.56. The Balaban J connectivity index is 2.28. The summed E-state index contributed by atoms with van der Waals surface area (Å²) in [4.78, 5) is 34.9. The molecule has 1 amide bonds. The van der Waals surface area contributed by atoms with Crippen LogP contribution in [-0.2, 0) is 16.0 Å². The molecule has 0 aliphatic rings. The quantitative estimate of drug-likeness (QED) is 0.461. The van der Waals surface area contributed by atoms with Gasteiger partial charge in [-0.05, 0) is 18.2 Å². The standard InChI is InChI=1S/C18H18N2O6/c1-25-16-9-8-14(20(23)24)10-13(16)11-15(18(22)26-2)19-17(21)12-6-4-3-5-7-12/h3-10,15H,11H2,1-2H3,(H,19,21)/t15-/m0/s1. The summed E-state index contributed by atoms with van der Waals surface area (Å²) >= 11 is 0. The second-order valence-corrected chi connectivity index (χ2v) is 5.37. The highest BCUT2D eigenvalue weighted by molar-refractivity contribution is 5.96. The smallest absolute Gasteiger partial charge is 0.328 e. The van der Waals surface area contributed by atoms with Crippen molar-refractivity contribution in [3.63, 3.8) is 0 Å². The highest BCUT2D eigenvalue weighted by atomic mass is 16.6. The minimum Gasteiger partial charge on any atom is -0.496 e. The number of nitro benzene ring substituents is 1. The molecule has 0 saturated heterocycles. The van der Waals surface area contributed by atoms with Gasteiger partial charge in [0.1, 0.15) is 11.8 Å². The van der Waals surface area contributed by atoms with E-state index in [2.05, 4.69) is 5.32 Å². The molecule has 0 unspecified atom stereocenters. The second-order valence-electron chi connectivity index (χ2n) is 5.37. The molecule has 8 heteroatoms. The molecule has 136 valence electrons. The fourth-order valence-corrected chi connectivity index (χ4v) is 2.42. The molecule has 1 N–H and O–H groups in total. The first-order valence-electron chi connectivity index (χ1n) is 7.71. The van der Waals surface area contributed by atoms with Crippen molar-refractivity contribution in [2.75, 3.05) is 14.2 Å². The maximum atomic E-state index is 12.3. The SMILES string of the molecule is COC(=O)[C@H](Cc1cc([N+](=O)[O-])ccc1OC)NC(=O)c1ccccc1. The van der Waals surface area contributed by atoms with Crippen LogP contribution in [0.1, 0.15) is 15.9 Å². The molecule has 0 saturated carbocycles. The summed E-state index contributed by atoms with van der Waals surface area (Å²) in [5.74, 6) is -0.744. The minimum atomic E-state index is -1.02. The molecule has 1 atom stereocenters. The van der Waals surface area contributed by atoms with E-state index < -0.39 is 22.8 Å². The van der Waals surface area contributed by atoms with Gasteiger partial charge in [0.25, 0.3) is 11.6 Å². The highest BCUT2D eigenvalue weighted by Gasteiger charge is 2.25. The normalized spacial score (nSPS) is 11.3. The van der Waals surface area contributed by atoms with Crippen LogP contribution in [0.15, 0.2) is 48.5 Å². The van der Waals surface area contributed by atoms with Crippen molar-refractivity contribution in [1.82, 2.24) is 5.32 Å². The summed E-state index contributed by atoms with van der Waals surface area (Å²) in [7, 11) is 2.62. The van der Waals surface area contributed by atoms with E-state index in [9.17, 15) is 19.7 Å². The Morgan fingerprint density at radius 3 is 2.42 bits per heavy atom. The lowest BCUT2D eigenvalue weighted by Gasteiger charge is -2.18. The number of non-ortho nitro benzene ring substituents is 1. The summed E-state index contributed by atoms with van der Waals surface area (Å²) in [5, 5.41) is 13.6. The van der Waals surface area contributed by atoms with Gasteiger partial charge < -0.3 is 14.8 Å². The van der Waals surface area contributed by atoms with Crippen LogP contribution in [0.2, 0.25) is 0 Å². The van der Waals surface area contributed by atoms with Crippen LogP contribution in [0.25, 0.3) is 0 Å². The maximum Gasteiger partial charge on any atom is 0.328 e. The van der Waals surface area contributed by atoms with Gasteiger partial charge >= 0.3 is 5.97 Å². The van der Waals surface area contributed by atoms with E-state index in [4.69, 9.17) is 9.47 Å². The number of amides is 1. The highest BCUT2D eigenvalue weighted by Crippen LogP contribution is 2.25. The van der Waals surface area contributed by atoms with Crippen molar-refractivity contribution < 1.29 is 24.0 Å². The number of nitro groups is 1. The van der Waals surface area contributed by atoms with Gasteiger partial charge in [-0.1, -0.05) is 18.2 Å². The fraction of sp³-hybridized carbons (Fsp3) is 0.222. The number of methoxy groups -OCH3 is 2. The first-order valence-corrected chi connectivity index (χ1v) is 7.71. The lowest BCUT2D eigenvalue weighted by atomic mass is 10.0. The van der Waals surface area contributed by atoms with Gasteiger partial charge in [0.2, 0.25) is 0 Å². The van der Waals surface area contributed by atoms with E-state index in [0.717, 1.165) is 0 Å². The average molecular weight is 358 g/mol. The van der Waals surface area contributed by atoms with E-state index in [-0.39, 0.29) is 12.1 Å². The third-order valence-electron chi connectivity index (χ3n) is 3.73. The van der Waals surface area contributed by atoms with E-state index in [1.807, 2.05) is 0 Å². The van der Waals surface area contributed by atoms with Crippen molar-refractivity contribution in [3.05, 3.63) is 69.8 Å². The Morgan fingerprint density at radius 2 is 1.85 bits per heavy atom. The minimum absolute atomic E-state index is 0.0178. The summed E-state index contributed by atoms with van der Waals surface area (Å²) in [5.41, 5.74) is 0.650. The van der Waals surface area contributed by atoms with E-state index in [1.165, 1.54) is 32.4 Å². The number of hydrogen-bond acceptors (Lipinski definition) is 6. The largest absolute Gasteiger partial charge is 0.496 e. The molecule has 0 heterocycles. The molecule has 2 aromatic rings. The summed E-state index contributed by atoms with van der Waals surface area (Å²) in [6, 6.07) is 11.4. The molecular formula is C18H18N2O6. The third-order valence-corrected chi connectivity index (χ3v) is 3.73. The molecular weight excluding hydrogens is 340 g/mol. The van der Waals surface area contributed by atoms with Gasteiger partial charge in [0, 0.05) is 29.7 Å². The Hall–Kier alpha value is -3.42. The first kappa shape index (κ1) is 18.9. The summed E-state index contributed by atoms with van der Waals surface area (Å²) in [6.07, 6.45) is -0.0178. The van der Waals surface area contributed by atoms with Crippen LogP contribution in [0, 0.1) is 10.1 Å². The molecule has 0 fully saturated rings. The lowest BCUT2D eigenvalue weighted by Crippen LogP contribution is -2.43. The zero-order valence-electron chi connectivity index (χ0n) is 14.3. The van der Waals surface area contributed by atoms with Crippen LogP contribution in [0.4, 0.5) is 5.69 Å². The van der Waals surface area contributed by atoms with E-state index in [0.29, 0.717) is 16.9 Å². The molecule has 2 aromatic carbocycles. The number of hydrogen-bond donors (Lipinski definition) is 1. The van der Waals surface area contributed by atoms with E-state index in [1.54, 1.807) is 30.3 Å². The Kier molecular flexibility index (Phi) is 6.26. The molecule has 0 aromatic heterocycles. The summed E-state index contributed by atoms with van der Waals surface area (Å²) in [6.45, 7) is 0. The number of rotatable bonds is 7. The maximum absolute atomic E-state index is 12.3. The topological polar surface area (TPSA) is 108 Å². The Bertz CT molecular complexity index is 807. The van der Waals surface area contributed by atoms with Crippen LogP contribution in [-0.4, -0.2) is 37.1 Å². The zero-order valence-corrected chi connectivity index (χ0v) is 14.3. The molecule has 8 nitrogen and oxygen atoms in total. The molecule has 0 aliphatic carbocycles. The average Bonchev–Trinajstić information content (AvgIpc) is 2.67. The van der Waals surface area contributed by atoms with Crippen LogP contribution in [0.5, 0.6) is 5.75 Å². The number of benzene rings is 2. The van der Waals surface area contributed by atoms with Crippen molar-refractivity contribution in [3.8, 4) is 5.75 Å². The first-order chi connectivity index (χ1) is 12.5. The van der Waals surface area contributed by atoms with Crippen LogP contribution >= 0.6 is 0 Å². The molecule has 0 spiro atoms. The van der Waals surface area contributed by atoms with Gasteiger partial charge in [-0.3, -0.25) is 14.9 Å². The number of nitrogens with one attached hydrogen (secondary N) is 1. The van der Waals surface area contributed by atoms with Crippen molar-refractivity contribution in [2.24, 2.45) is 0 Å². The lowest BCUT2D eigenvalue weighted by molar-refractivity contribution is -0.384. The summed E-state index contributed by atoms with van der Waals surface area (Å²) < 4.78 is 9.94. The van der Waals surface area contributed by atoms with Gasteiger partial charge in [-0.15, -0.1) is 0 Å². The number of nitrogens with zero attached hydrogens (tertiary/aromatic N) is 1. The van der Waals surface area contributed by atoms with Gasteiger partial charge in [0.05, 0.1) is 19.1 Å².